The van der Waals surface area contributed by atoms with E-state index in [0.29, 0.717) is 19.8 Å². The van der Waals surface area contributed by atoms with Crippen LogP contribution in [0.2, 0.25) is 0 Å². The molecule has 0 bridgehead atoms. The Balaban J connectivity index is 3.58. The molecule has 0 saturated heterocycles. The van der Waals surface area contributed by atoms with Gasteiger partial charge in [-0.25, -0.2) is 4.79 Å². The van der Waals surface area contributed by atoms with Gasteiger partial charge in [0.05, 0.1) is 12.5 Å². The topological polar surface area (TPSA) is 96.9 Å². The number of hydrogen-bond donors (Lipinski definition) is 3. The number of amides is 2. The third-order valence-electron chi connectivity index (χ3n) is 2.18. The van der Waals surface area contributed by atoms with Gasteiger partial charge in [0.2, 0.25) is 0 Å². The van der Waals surface area contributed by atoms with Crippen molar-refractivity contribution in [3.8, 4) is 0 Å². The summed E-state index contributed by atoms with van der Waals surface area (Å²) >= 11 is 0. The Morgan fingerprint density at radius 1 is 1.33 bits per heavy atom. The Morgan fingerprint density at radius 3 is 2.61 bits per heavy atom. The van der Waals surface area contributed by atoms with E-state index >= 15 is 0 Å². The van der Waals surface area contributed by atoms with Gasteiger partial charge in [-0.3, -0.25) is 4.79 Å². The average molecular weight is 262 g/mol. The van der Waals surface area contributed by atoms with Crippen molar-refractivity contribution < 1.29 is 24.2 Å². The van der Waals surface area contributed by atoms with E-state index in [4.69, 9.17) is 14.6 Å². The molecule has 0 radical (unpaired) electrons. The maximum atomic E-state index is 11.3. The van der Waals surface area contributed by atoms with Crippen LogP contribution >= 0.6 is 0 Å². The quantitative estimate of drug-likeness (QED) is 0.489. The standard InChI is InChI=1S/C11H22N2O5/c1-3-18-6-4-5-12-11(16)13-8-9(17-2)7-10(14)15/h9H,3-8H2,1-2H3,(H,14,15)(H2,12,13,16). The van der Waals surface area contributed by atoms with Crippen LogP contribution in [0.15, 0.2) is 0 Å². The van der Waals surface area contributed by atoms with Crippen molar-refractivity contribution in [1.29, 1.82) is 0 Å². The summed E-state index contributed by atoms with van der Waals surface area (Å²) in [6.45, 7) is 3.86. The second-order valence-corrected chi connectivity index (χ2v) is 3.64. The Bertz CT molecular complexity index is 248. The Labute approximate surface area is 107 Å². The summed E-state index contributed by atoms with van der Waals surface area (Å²) in [4.78, 5) is 21.8. The van der Waals surface area contributed by atoms with Crippen LogP contribution in [0, 0.1) is 0 Å². The molecule has 0 aliphatic carbocycles. The van der Waals surface area contributed by atoms with Crippen LogP contribution in [0.3, 0.4) is 0 Å². The van der Waals surface area contributed by atoms with Crippen molar-refractivity contribution in [1.82, 2.24) is 10.6 Å². The summed E-state index contributed by atoms with van der Waals surface area (Å²) in [7, 11) is 1.41. The van der Waals surface area contributed by atoms with Gasteiger partial charge in [-0.15, -0.1) is 0 Å². The average Bonchev–Trinajstić information content (AvgIpc) is 2.33. The van der Waals surface area contributed by atoms with Gasteiger partial charge >= 0.3 is 12.0 Å². The highest BCUT2D eigenvalue weighted by Crippen LogP contribution is 1.95. The molecule has 7 heteroatoms. The van der Waals surface area contributed by atoms with Gasteiger partial charge in [-0.05, 0) is 13.3 Å². The summed E-state index contributed by atoms with van der Waals surface area (Å²) in [5, 5.41) is 13.8. The molecule has 0 rings (SSSR count). The van der Waals surface area contributed by atoms with Gasteiger partial charge in [0, 0.05) is 33.4 Å². The zero-order valence-electron chi connectivity index (χ0n) is 10.9. The lowest BCUT2D eigenvalue weighted by Crippen LogP contribution is -2.41. The largest absolute Gasteiger partial charge is 0.481 e. The van der Waals surface area contributed by atoms with Gasteiger partial charge in [0.15, 0.2) is 0 Å². The maximum Gasteiger partial charge on any atom is 0.314 e. The molecule has 0 aliphatic heterocycles. The summed E-state index contributed by atoms with van der Waals surface area (Å²) in [5.74, 6) is -0.958. The number of carboxylic acids is 1. The number of aliphatic carboxylic acids is 1. The molecule has 0 heterocycles. The monoisotopic (exact) mass is 262 g/mol. The number of carbonyl (C=O) groups is 2. The van der Waals surface area contributed by atoms with Crippen LogP contribution < -0.4 is 10.6 Å². The molecule has 0 aromatic carbocycles. The van der Waals surface area contributed by atoms with Crippen LogP contribution in [-0.4, -0.2) is 56.6 Å². The molecule has 0 aliphatic rings. The predicted octanol–water partition coefficient (Wildman–Crippen LogP) is 0.202. The first-order valence-corrected chi connectivity index (χ1v) is 5.94. The van der Waals surface area contributed by atoms with E-state index in [1.807, 2.05) is 6.92 Å². The molecule has 106 valence electrons. The van der Waals surface area contributed by atoms with Crippen molar-refractivity contribution in [3.63, 3.8) is 0 Å². The third-order valence-corrected chi connectivity index (χ3v) is 2.18. The molecule has 0 aromatic heterocycles. The molecule has 0 aromatic rings. The SMILES string of the molecule is CCOCCCNC(=O)NCC(CC(=O)O)OC. The number of methoxy groups -OCH3 is 1. The van der Waals surface area contributed by atoms with Crippen molar-refractivity contribution in [3.05, 3.63) is 0 Å². The van der Waals surface area contributed by atoms with Gasteiger partial charge in [-0.1, -0.05) is 0 Å². The highest BCUT2D eigenvalue weighted by Gasteiger charge is 2.13. The maximum absolute atomic E-state index is 11.3. The van der Waals surface area contributed by atoms with E-state index in [1.54, 1.807) is 0 Å². The predicted molar refractivity (Wildman–Crippen MR) is 65.6 cm³/mol. The molecule has 1 atom stereocenters. The van der Waals surface area contributed by atoms with Crippen molar-refractivity contribution in [2.45, 2.75) is 25.9 Å². The minimum atomic E-state index is -0.958. The van der Waals surface area contributed by atoms with Crippen LogP contribution in [0.5, 0.6) is 0 Å². The fourth-order valence-corrected chi connectivity index (χ4v) is 1.22. The minimum absolute atomic E-state index is 0.138. The van der Waals surface area contributed by atoms with E-state index in [-0.39, 0.29) is 19.0 Å². The number of carbonyl (C=O) groups excluding carboxylic acids is 1. The molecular formula is C11H22N2O5. The van der Waals surface area contributed by atoms with E-state index < -0.39 is 12.1 Å². The fraction of sp³-hybridized carbons (Fsp3) is 0.818. The molecule has 2 amide bonds. The number of hydrogen-bond acceptors (Lipinski definition) is 4. The fourth-order valence-electron chi connectivity index (χ4n) is 1.22. The van der Waals surface area contributed by atoms with Gasteiger partial charge < -0.3 is 25.2 Å². The molecule has 0 fully saturated rings. The summed E-state index contributed by atoms with van der Waals surface area (Å²) in [5.41, 5.74) is 0. The molecular weight excluding hydrogens is 240 g/mol. The zero-order chi connectivity index (χ0) is 13.8. The number of nitrogens with one attached hydrogen (secondary N) is 2. The second-order valence-electron chi connectivity index (χ2n) is 3.64. The molecule has 18 heavy (non-hydrogen) atoms. The first kappa shape index (κ1) is 16.7. The smallest absolute Gasteiger partial charge is 0.314 e. The van der Waals surface area contributed by atoms with E-state index in [2.05, 4.69) is 10.6 Å². The number of carboxylic acid groups (broad SMARTS) is 1. The van der Waals surface area contributed by atoms with Crippen LogP contribution in [0.1, 0.15) is 19.8 Å². The molecule has 0 saturated carbocycles. The highest BCUT2D eigenvalue weighted by atomic mass is 16.5. The van der Waals surface area contributed by atoms with Crippen LogP contribution in [-0.2, 0) is 14.3 Å². The Kier molecular flexibility index (Phi) is 9.99. The lowest BCUT2D eigenvalue weighted by Gasteiger charge is -2.14. The van der Waals surface area contributed by atoms with E-state index in [9.17, 15) is 9.59 Å². The van der Waals surface area contributed by atoms with E-state index in [1.165, 1.54) is 7.11 Å². The van der Waals surface area contributed by atoms with Crippen LogP contribution in [0.25, 0.3) is 0 Å². The van der Waals surface area contributed by atoms with Gasteiger partial charge in [0.1, 0.15) is 0 Å². The molecule has 3 N–H and O–H groups in total. The summed E-state index contributed by atoms with van der Waals surface area (Å²) < 4.78 is 10.0. The van der Waals surface area contributed by atoms with Crippen molar-refractivity contribution in [2.75, 3.05) is 33.4 Å². The first-order valence-electron chi connectivity index (χ1n) is 5.94. The molecule has 0 spiro atoms. The van der Waals surface area contributed by atoms with Crippen molar-refractivity contribution in [2.24, 2.45) is 0 Å². The molecule has 1 unspecified atom stereocenters. The normalized spacial score (nSPS) is 11.9. The zero-order valence-corrected chi connectivity index (χ0v) is 10.9. The number of rotatable bonds is 10. The third kappa shape index (κ3) is 9.86. The number of ether oxygens (including phenoxy) is 2. The lowest BCUT2D eigenvalue weighted by molar-refractivity contribution is -0.139. The highest BCUT2D eigenvalue weighted by molar-refractivity contribution is 5.74. The Hall–Kier alpha value is -1.34. The van der Waals surface area contributed by atoms with Gasteiger partial charge in [0.25, 0.3) is 0 Å². The second kappa shape index (κ2) is 10.8. The lowest BCUT2D eigenvalue weighted by atomic mass is 10.2. The van der Waals surface area contributed by atoms with Crippen LogP contribution in [0.4, 0.5) is 4.79 Å². The van der Waals surface area contributed by atoms with Gasteiger partial charge in [-0.2, -0.15) is 0 Å². The Morgan fingerprint density at radius 2 is 2.06 bits per heavy atom. The summed E-state index contributed by atoms with van der Waals surface area (Å²) in [6, 6.07) is -0.334. The number of urea groups is 1. The first-order chi connectivity index (χ1) is 8.60. The summed E-state index contributed by atoms with van der Waals surface area (Å²) in [6.07, 6.45) is 0.0854. The minimum Gasteiger partial charge on any atom is -0.481 e. The molecule has 7 nitrogen and oxygen atoms in total. The van der Waals surface area contributed by atoms with E-state index in [0.717, 1.165) is 6.42 Å². The van der Waals surface area contributed by atoms with Crippen molar-refractivity contribution >= 4 is 12.0 Å².